The van der Waals surface area contributed by atoms with Gasteiger partial charge in [-0.1, -0.05) is 36.4 Å². The summed E-state index contributed by atoms with van der Waals surface area (Å²) in [5, 5.41) is 0. The maximum atomic E-state index is 12.6. The SMILES string of the molecule is CS(=O)(=O)NC(=O)c1ccc(COC(=O)CC(=O)c2cc3c(o2)C(=O)c2ccccc2C3=O)cc1. The first-order valence-electron chi connectivity index (χ1n) is 10.2. The minimum Gasteiger partial charge on any atom is -0.460 e. The van der Waals surface area contributed by atoms with Crippen molar-refractivity contribution in [2.24, 2.45) is 0 Å². The summed E-state index contributed by atoms with van der Waals surface area (Å²) in [5.41, 5.74) is 0.935. The van der Waals surface area contributed by atoms with E-state index in [1.54, 1.807) is 12.1 Å². The van der Waals surface area contributed by atoms with Crippen molar-refractivity contribution >= 4 is 39.2 Å². The summed E-state index contributed by atoms with van der Waals surface area (Å²) in [4.78, 5) is 61.7. The molecule has 0 unspecified atom stereocenters. The zero-order valence-electron chi connectivity index (χ0n) is 18.2. The molecule has 0 atom stereocenters. The molecule has 0 saturated heterocycles. The highest BCUT2D eigenvalue weighted by Gasteiger charge is 2.34. The number of furan rings is 1. The fourth-order valence-electron chi connectivity index (χ4n) is 3.43. The predicted molar refractivity (Wildman–Crippen MR) is 120 cm³/mol. The van der Waals surface area contributed by atoms with E-state index in [0.717, 1.165) is 12.3 Å². The van der Waals surface area contributed by atoms with Gasteiger partial charge < -0.3 is 9.15 Å². The fourth-order valence-corrected chi connectivity index (χ4v) is 3.88. The van der Waals surface area contributed by atoms with Crippen molar-refractivity contribution in [3.05, 3.63) is 93.9 Å². The van der Waals surface area contributed by atoms with Crippen molar-refractivity contribution < 1.29 is 41.5 Å². The first kappa shape index (κ1) is 23.8. The number of fused-ring (bicyclic) bond motifs is 2. The van der Waals surface area contributed by atoms with Gasteiger partial charge in [-0.2, -0.15) is 0 Å². The number of sulfonamides is 1. The molecule has 0 fully saturated rings. The largest absolute Gasteiger partial charge is 0.460 e. The highest BCUT2D eigenvalue weighted by atomic mass is 32.2. The predicted octanol–water partition coefficient (Wildman–Crippen LogP) is 2.06. The van der Waals surface area contributed by atoms with Gasteiger partial charge in [0.25, 0.3) is 5.91 Å². The van der Waals surface area contributed by atoms with Gasteiger partial charge in [-0.05, 0) is 23.8 Å². The summed E-state index contributed by atoms with van der Waals surface area (Å²) in [6, 6.07) is 13.0. The molecular weight excluding hydrogens is 478 g/mol. The first-order valence-corrected chi connectivity index (χ1v) is 12.0. The van der Waals surface area contributed by atoms with E-state index in [9.17, 15) is 32.4 Å². The topological polar surface area (TPSA) is 154 Å². The van der Waals surface area contributed by atoms with Gasteiger partial charge in [0.2, 0.25) is 21.6 Å². The smallest absolute Gasteiger partial charge is 0.314 e. The van der Waals surface area contributed by atoms with Gasteiger partial charge in [0.05, 0.1) is 11.8 Å². The minimum atomic E-state index is -3.70. The van der Waals surface area contributed by atoms with Crippen LogP contribution < -0.4 is 4.72 Å². The van der Waals surface area contributed by atoms with Gasteiger partial charge in [0, 0.05) is 16.7 Å². The van der Waals surface area contributed by atoms with Crippen molar-refractivity contribution in [3.63, 3.8) is 0 Å². The Labute approximate surface area is 198 Å². The van der Waals surface area contributed by atoms with Crippen molar-refractivity contribution in [1.29, 1.82) is 0 Å². The van der Waals surface area contributed by atoms with Gasteiger partial charge in [-0.3, -0.25) is 24.0 Å². The number of rotatable bonds is 7. The van der Waals surface area contributed by atoms with E-state index >= 15 is 0 Å². The number of ether oxygens (including phenoxy) is 1. The molecule has 1 aromatic heterocycles. The maximum absolute atomic E-state index is 12.6. The van der Waals surface area contributed by atoms with Crippen LogP contribution in [0.25, 0.3) is 0 Å². The molecule has 2 aromatic carbocycles. The lowest BCUT2D eigenvalue weighted by Crippen LogP contribution is -2.29. The van der Waals surface area contributed by atoms with Crippen molar-refractivity contribution in [2.75, 3.05) is 6.26 Å². The molecule has 1 N–H and O–H groups in total. The normalized spacial score (nSPS) is 12.5. The second-order valence-electron chi connectivity index (χ2n) is 7.72. The molecule has 11 heteroatoms. The molecule has 1 aliphatic carbocycles. The number of esters is 1. The zero-order chi connectivity index (χ0) is 25.3. The van der Waals surface area contributed by atoms with E-state index in [-0.39, 0.29) is 40.4 Å². The van der Waals surface area contributed by atoms with Crippen LogP contribution in [0, 0.1) is 0 Å². The number of hydrogen-bond donors (Lipinski definition) is 1. The summed E-state index contributed by atoms with van der Waals surface area (Å²) < 4.78 is 34.5. The summed E-state index contributed by atoms with van der Waals surface area (Å²) in [6.07, 6.45) is 0.170. The molecule has 10 nitrogen and oxygen atoms in total. The maximum Gasteiger partial charge on any atom is 0.314 e. The van der Waals surface area contributed by atoms with Crippen molar-refractivity contribution in [2.45, 2.75) is 13.0 Å². The van der Waals surface area contributed by atoms with E-state index < -0.39 is 45.7 Å². The molecule has 1 aliphatic rings. The third-order valence-corrected chi connectivity index (χ3v) is 5.63. The molecule has 4 rings (SSSR count). The van der Waals surface area contributed by atoms with E-state index in [0.29, 0.717) is 5.56 Å². The minimum absolute atomic E-state index is 0.0367. The second kappa shape index (κ2) is 9.11. The quantitative estimate of drug-likeness (QED) is 0.230. The summed E-state index contributed by atoms with van der Waals surface area (Å²) in [5.74, 6) is -3.96. The van der Waals surface area contributed by atoms with Crippen molar-refractivity contribution in [3.8, 4) is 0 Å². The summed E-state index contributed by atoms with van der Waals surface area (Å²) >= 11 is 0. The molecule has 0 spiro atoms. The van der Waals surface area contributed by atoms with E-state index in [1.165, 1.54) is 36.4 Å². The highest BCUT2D eigenvalue weighted by molar-refractivity contribution is 7.89. The standard InChI is InChI=1S/C24H17NO9S/c1-35(31,32)25-24(30)14-8-6-13(7-9-14)12-33-20(27)11-18(26)19-10-17-21(28)15-4-2-3-5-16(15)22(29)23(17)34-19/h2-10H,11-12H2,1H3,(H,25,30). The Balaban J connectivity index is 1.37. The molecule has 1 amide bonds. The Morgan fingerprint density at radius 1 is 0.914 bits per heavy atom. The molecule has 0 aliphatic heterocycles. The number of amides is 1. The first-order chi connectivity index (χ1) is 16.5. The molecule has 0 radical (unpaired) electrons. The molecule has 35 heavy (non-hydrogen) atoms. The Morgan fingerprint density at radius 2 is 1.54 bits per heavy atom. The molecule has 1 heterocycles. The Bertz CT molecular complexity index is 1450. The lowest BCUT2D eigenvalue weighted by atomic mass is 9.88. The van der Waals surface area contributed by atoms with Gasteiger partial charge in [0.15, 0.2) is 17.3 Å². The fraction of sp³-hybridized carbons (Fsp3) is 0.125. The van der Waals surface area contributed by atoms with Crippen LogP contribution in [0.2, 0.25) is 0 Å². The summed E-state index contributed by atoms with van der Waals surface area (Å²) in [7, 11) is -3.70. The third-order valence-electron chi connectivity index (χ3n) is 5.07. The van der Waals surface area contributed by atoms with Crippen LogP contribution in [-0.2, 0) is 26.2 Å². The van der Waals surface area contributed by atoms with Crippen LogP contribution in [0.15, 0.2) is 59.0 Å². The Morgan fingerprint density at radius 3 is 2.17 bits per heavy atom. The number of carbonyl (C=O) groups excluding carboxylic acids is 5. The van der Waals surface area contributed by atoms with Crippen LogP contribution in [0.5, 0.6) is 0 Å². The Kier molecular flexibility index (Phi) is 6.18. The Hall–Kier alpha value is -4.38. The van der Waals surface area contributed by atoms with Crippen LogP contribution in [0.4, 0.5) is 0 Å². The lowest BCUT2D eigenvalue weighted by molar-refractivity contribution is -0.143. The van der Waals surface area contributed by atoms with Crippen LogP contribution in [0.1, 0.15) is 64.9 Å². The summed E-state index contributed by atoms with van der Waals surface area (Å²) in [6.45, 7) is -0.207. The highest BCUT2D eigenvalue weighted by Crippen LogP contribution is 2.30. The molecular formula is C24H17NO9S. The molecule has 3 aromatic rings. The van der Waals surface area contributed by atoms with E-state index in [4.69, 9.17) is 9.15 Å². The number of benzene rings is 2. The molecule has 0 saturated carbocycles. The average Bonchev–Trinajstić information content (AvgIpc) is 3.27. The van der Waals surface area contributed by atoms with Crippen LogP contribution in [0.3, 0.4) is 0 Å². The zero-order valence-corrected chi connectivity index (χ0v) is 19.0. The van der Waals surface area contributed by atoms with Gasteiger partial charge >= 0.3 is 5.97 Å². The number of nitrogens with one attached hydrogen (secondary N) is 1. The average molecular weight is 495 g/mol. The van der Waals surface area contributed by atoms with E-state index in [1.807, 2.05) is 4.72 Å². The third kappa shape index (κ3) is 5.09. The number of carbonyl (C=O) groups is 5. The van der Waals surface area contributed by atoms with E-state index in [2.05, 4.69) is 0 Å². The number of hydrogen-bond acceptors (Lipinski definition) is 9. The lowest BCUT2D eigenvalue weighted by Gasteiger charge is -2.11. The second-order valence-corrected chi connectivity index (χ2v) is 9.47. The number of ketones is 3. The van der Waals surface area contributed by atoms with Crippen LogP contribution >= 0.6 is 0 Å². The monoisotopic (exact) mass is 495 g/mol. The number of Topliss-reactive ketones (excluding diaryl/α,β-unsaturated/α-hetero) is 1. The van der Waals surface area contributed by atoms with Crippen molar-refractivity contribution in [1.82, 2.24) is 4.72 Å². The van der Waals surface area contributed by atoms with Gasteiger partial charge in [0.1, 0.15) is 13.0 Å². The molecule has 178 valence electrons. The molecule has 0 bridgehead atoms. The van der Waals surface area contributed by atoms with Crippen LogP contribution in [-0.4, -0.2) is 43.9 Å². The van der Waals surface area contributed by atoms with Gasteiger partial charge in [-0.25, -0.2) is 13.1 Å². The van der Waals surface area contributed by atoms with Gasteiger partial charge in [-0.15, -0.1) is 0 Å².